The van der Waals surface area contributed by atoms with Gasteiger partial charge in [0.15, 0.2) is 0 Å². The van der Waals surface area contributed by atoms with Gasteiger partial charge in [0.1, 0.15) is 0 Å². The van der Waals surface area contributed by atoms with E-state index in [9.17, 15) is 9.59 Å². The van der Waals surface area contributed by atoms with Crippen molar-refractivity contribution in [1.82, 2.24) is 19.7 Å². The molecule has 0 radical (unpaired) electrons. The molecule has 0 aliphatic carbocycles. The minimum absolute atomic E-state index is 0.00690. The minimum Gasteiger partial charge on any atom is -0.329 e. The zero-order valence-electron chi connectivity index (χ0n) is 11.5. The molecule has 6 nitrogen and oxygen atoms in total. The van der Waals surface area contributed by atoms with Crippen molar-refractivity contribution in [3.8, 4) is 5.69 Å². The molecule has 1 aromatic heterocycles. The summed E-state index contributed by atoms with van der Waals surface area (Å²) >= 11 is 0. The summed E-state index contributed by atoms with van der Waals surface area (Å²) in [5.74, 6) is -0.380. The van der Waals surface area contributed by atoms with Crippen LogP contribution in [-0.4, -0.2) is 38.7 Å². The second kappa shape index (κ2) is 6.51. The van der Waals surface area contributed by atoms with Gasteiger partial charge in [0.2, 0.25) is 5.82 Å². The van der Waals surface area contributed by atoms with Crippen LogP contribution in [0.1, 0.15) is 10.6 Å². The molecule has 2 aromatic rings. The third kappa shape index (κ3) is 3.17. The fraction of sp³-hybridized carbons (Fsp3) is 0.133. The summed E-state index contributed by atoms with van der Waals surface area (Å²) in [5.41, 5.74) is 0.137. The fourth-order valence-electron chi connectivity index (χ4n) is 1.87. The molecule has 6 heteroatoms. The molecule has 2 rings (SSSR count). The molecule has 0 saturated heterocycles. The van der Waals surface area contributed by atoms with Crippen LogP contribution in [0.25, 0.3) is 5.69 Å². The lowest BCUT2D eigenvalue weighted by atomic mass is 10.3. The van der Waals surface area contributed by atoms with Gasteiger partial charge in [-0.3, -0.25) is 9.78 Å². The summed E-state index contributed by atoms with van der Waals surface area (Å²) in [4.78, 5) is 28.2. The Kier molecular flexibility index (Phi) is 4.50. The van der Waals surface area contributed by atoms with Gasteiger partial charge in [0.05, 0.1) is 5.69 Å². The van der Waals surface area contributed by atoms with Gasteiger partial charge in [0, 0.05) is 13.1 Å². The number of hydrogen-bond acceptors (Lipinski definition) is 3. The second-order valence-electron chi connectivity index (χ2n) is 4.31. The maximum atomic E-state index is 12.3. The number of amides is 1. The first-order valence-electron chi connectivity index (χ1n) is 6.43. The van der Waals surface area contributed by atoms with E-state index in [-0.39, 0.29) is 11.7 Å². The highest BCUT2D eigenvalue weighted by Gasteiger charge is 2.19. The third-order valence-corrected chi connectivity index (χ3v) is 2.81. The molecule has 0 bridgehead atoms. The summed E-state index contributed by atoms with van der Waals surface area (Å²) in [5, 5.41) is 4.05. The molecular formula is C15H16N4O2. The van der Waals surface area contributed by atoms with Crippen LogP contribution < -0.4 is 5.69 Å². The third-order valence-electron chi connectivity index (χ3n) is 2.81. The first-order valence-corrected chi connectivity index (χ1v) is 6.43. The number of nitrogens with zero attached hydrogens (tertiary/aromatic N) is 3. The fourth-order valence-corrected chi connectivity index (χ4v) is 1.87. The summed E-state index contributed by atoms with van der Waals surface area (Å²) in [6.45, 7) is 7.91. The zero-order valence-corrected chi connectivity index (χ0v) is 11.5. The average molecular weight is 284 g/mol. The Hall–Kier alpha value is -2.89. The number of rotatable bonds is 6. The lowest BCUT2D eigenvalue weighted by molar-refractivity contribution is 0.0779. The minimum atomic E-state index is -0.457. The largest absolute Gasteiger partial charge is 0.348 e. The summed E-state index contributed by atoms with van der Waals surface area (Å²) in [6, 6.07) is 8.89. The molecule has 21 heavy (non-hydrogen) atoms. The number of aromatic nitrogens is 3. The molecule has 1 heterocycles. The molecule has 108 valence electrons. The number of benzene rings is 1. The van der Waals surface area contributed by atoms with Crippen molar-refractivity contribution in [2.24, 2.45) is 0 Å². The standard InChI is InChI=1S/C15H16N4O2/c1-3-10-18(11-4-2)14(20)13-16-15(21)19(17-13)12-8-6-5-7-9-12/h3-9H,1-2,10-11H2,(H,16,17,21). The predicted molar refractivity (Wildman–Crippen MR) is 80.5 cm³/mol. The van der Waals surface area contributed by atoms with Crippen LogP contribution in [0.5, 0.6) is 0 Å². The number of carbonyl (C=O) groups is 1. The van der Waals surface area contributed by atoms with E-state index in [1.165, 1.54) is 4.90 Å². The van der Waals surface area contributed by atoms with E-state index in [1.807, 2.05) is 6.07 Å². The Morgan fingerprint density at radius 1 is 1.24 bits per heavy atom. The van der Waals surface area contributed by atoms with E-state index in [4.69, 9.17) is 0 Å². The molecule has 0 unspecified atom stereocenters. The maximum absolute atomic E-state index is 12.3. The van der Waals surface area contributed by atoms with Gasteiger partial charge in [-0.2, -0.15) is 4.68 Å². The molecule has 1 aromatic carbocycles. The van der Waals surface area contributed by atoms with E-state index in [0.717, 1.165) is 4.68 Å². The van der Waals surface area contributed by atoms with Crippen LogP contribution in [0, 0.1) is 0 Å². The number of H-pyrrole nitrogens is 1. The highest BCUT2D eigenvalue weighted by atomic mass is 16.2. The molecule has 0 aliphatic heterocycles. The first-order chi connectivity index (χ1) is 10.2. The van der Waals surface area contributed by atoms with Crippen molar-refractivity contribution in [2.75, 3.05) is 13.1 Å². The summed E-state index contributed by atoms with van der Waals surface area (Å²) in [7, 11) is 0. The normalized spacial score (nSPS) is 10.1. The number of hydrogen-bond donors (Lipinski definition) is 1. The lowest BCUT2D eigenvalue weighted by Gasteiger charge is -2.17. The zero-order chi connectivity index (χ0) is 15.2. The summed E-state index contributed by atoms with van der Waals surface area (Å²) < 4.78 is 1.16. The van der Waals surface area contributed by atoms with Crippen molar-refractivity contribution in [2.45, 2.75) is 0 Å². The average Bonchev–Trinajstić information content (AvgIpc) is 2.89. The van der Waals surface area contributed by atoms with Crippen molar-refractivity contribution >= 4 is 5.91 Å². The molecule has 0 fully saturated rings. The predicted octanol–water partition coefficient (Wildman–Crippen LogP) is 1.37. The van der Waals surface area contributed by atoms with Crippen LogP contribution >= 0.6 is 0 Å². The van der Waals surface area contributed by atoms with Crippen LogP contribution in [0.2, 0.25) is 0 Å². The van der Waals surface area contributed by atoms with E-state index in [2.05, 4.69) is 23.2 Å². The molecule has 1 N–H and O–H groups in total. The van der Waals surface area contributed by atoms with E-state index in [0.29, 0.717) is 18.8 Å². The molecule has 0 saturated carbocycles. The van der Waals surface area contributed by atoms with Gasteiger partial charge in [-0.05, 0) is 12.1 Å². The van der Waals surface area contributed by atoms with Gasteiger partial charge in [-0.15, -0.1) is 18.3 Å². The molecule has 0 spiro atoms. The molecular weight excluding hydrogens is 268 g/mol. The van der Waals surface area contributed by atoms with Gasteiger partial charge in [-0.1, -0.05) is 30.4 Å². The number of para-hydroxylation sites is 1. The van der Waals surface area contributed by atoms with Crippen LogP contribution in [-0.2, 0) is 0 Å². The Labute approximate surface area is 122 Å². The SMILES string of the molecule is C=CCN(CC=C)C(=O)c1nn(-c2ccccc2)c(=O)[nH]1. The lowest BCUT2D eigenvalue weighted by Crippen LogP contribution is -2.32. The summed E-state index contributed by atoms with van der Waals surface area (Å²) in [6.07, 6.45) is 3.21. The molecule has 0 atom stereocenters. The van der Waals surface area contributed by atoms with Crippen molar-refractivity contribution in [1.29, 1.82) is 0 Å². The monoisotopic (exact) mass is 284 g/mol. The van der Waals surface area contributed by atoms with Crippen LogP contribution in [0.3, 0.4) is 0 Å². The second-order valence-corrected chi connectivity index (χ2v) is 4.31. The number of carbonyl (C=O) groups excluding carboxylic acids is 1. The first kappa shape index (κ1) is 14.5. The highest BCUT2D eigenvalue weighted by molar-refractivity contribution is 5.90. The molecule has 1 amide bonds. The van der Waals surface area contributed by atoms with Gasteiger partial charge in [0.25, 0.3) is 5.91 Å². The number of nitrogens with one attached hydrogen (secondary N) is 1. The number of aromatic amines is 1. The van der Waals surface area contributed by atoms with Gasteiger partial charge >= 0.3 is 5.69 Å². The Bertz CT molecular complexity index is 690. The van der Waals surface area contributed by atoms with Crippen molar-refractivity contribution in [3.05, 3.63) is 72.0 Å². The quantitative estimate of drug-likeness (QED) is 0.814. The van der Waals surface area contributed by atoms with E-state index < -0.39 is 5.69 Å². The van der Waals surface area contributed by atoms with Crippen LogP contribution in [0.15, 0.2) is 60.4 Å². The Morgan fingerprint density at radius 2 is 1.86 bits per heavy atom. The van der Waals surface area contributed by atoms with Crippen LogP contribution in [0.4, 0.5) is 0 Å². The Morgan fingerprint density at radius 3 is 2.43 bits per heavy atom. The topological polar surface area (TPSA) is 71.0 Å². The van der Waals surface area contributed by atoms with Gasteiger partial charge in [-0.25, -0.2) is 4.79 Å². The van der Waals surface area contributed by atoms with Crippen molar-refractivity contribution < 1.29 is 4.79 Å². The smallest absolute Gasteiger partial charge is 0.329 e. The Balaban J connectivity index is 2.33. The maximum Gasteiger partial charge on any atom is 0.348 e. The van der Waals surface area contributed by atoms with E-state index in [1.54, 1.807) is 36.4 Å². The highest BCUT2D eigenvalue weighted by Crippen LogP contribution is 2.04. The van der Waals surface area contributed by atoms with E-state index >= 15 is 0 Å². The van der Waals surface area contributed by atoms with Gasteiger partial charge < -0.3 is 4.90 Å². The molecule has 0 aliphatic rings. The van der Waals surface area contributed by atoms with Crippen molar-refractivity contribution in [3.63, 3.8) is 0 Å².